The highest BCUT2D eigenvalue weighted by Crippen LogP contribution is 2.14. The average Bonchev–Trinajstić information content (AvgIpc) is 2.74. The largest absolute Gasteiger partial charge is 0.352 e. The van der Waals surface area contributed by atoms with Crippen molar-refractivity contribution in [1.29, 1.82) is 0 Å². The lowest BCUT2D eigenvalue weighted by molar-refractivity contribution is -0.130. The molecule has 2 atom stereocenters. The van der Waals surface area contributed by atoms with Crippen molar-refractivity contribution in [2.24, 2.45) is 11.7 Å². The van der Waals surface area contributed by atoms with E-state index in [2.05, 4.69) is 12.2 Å². The Hall–Kier alpha value is -1.10. The van der Waals surface area contributed by atoms with E-state index in [4.69, 9.17) is 5.73 Å². The van der Waals surface area contributed by atoms with Crippen molar-refractivity contribution in [2.75, 3.05) is 19.6 Å². The van der Waals surface area contributed by atoms with E-state index in [-0.39, 0.29) is 17.9 Å². The number of hydrogen-bond donors (Lipinski definition) is 2. The highest BCUT2D eigenvalue weighted by Gasteiger charge is 2.26. The van der Waals surface area contributed by atoms with Gasteiger partial charge in [-0.2, -0.15) is 0 Å². The fourth-order valence-corrected chi connectivity index (χ4v) is 2.35. The van der Waals surface area contributed by atoms with E-state index in [1.807, 2.05) is 4.90 Å². The molecule has 1 fully saturated rings. The van der Waals surface area contributed by atoms with Gasteiger partial charge in [-0.15, -0.1) is 0 Å². The summed E-state index contributed by atoms with van der Waals surface area (Å²) in [6.07, 6.45) is 3.33. The van der Waals surface area contributed by atoms with Crippen molar-refractivity contribution in [2.45, 2.75) is 45.6 Å². The Morgan fingerprint density at radius 1 is 1.44 bits per heavy atom. The van der Waals surface area contributed by atoms with Crippen LogP contribution in [0.25, 0.3) is 0 Å². The van der Waals surface area contributed by atoms with Crippen molar-refractivity contribution in [1.82, 2.24) is 10.2 Å². The first-order valence-corrected chi connectivity index (χ1v) is 6.78. The molecule has 0 saturated carbocycles. The van der Waals surface area contributed by atoms with Gasteiger partial charge in [0.25, 0.3) is 0 Å². The van der Waals surface area contributed by atoms with E-state index >= 15 is 0 Å². The Labute approximate surface area is 109 Å². The van der Waals surface area contributed by atoms with Gasteiger partial charge < -0.3 is 16.0 Å². The third kappa shape index (κ3) is 5.04. The summed E-state index contributed by atoms with van der Waals surface area (Å²) in [5, 5.41) is 2.86. The standard InChI is InChI=1S/C13H25N3O2/c1-10(5-7-14)3-4-13(18)16-8-6-12(9-16)15-11(2)17/h10,12H,3-9,14H2,1-2H3,(H,15,17). The Kier molecular flexibility index (Phi) is 6.12. The zero-order chi connectivity index (χ0) is 13.5. The molecule has 1 aliphatic heterocycles. The first-order valence-electron chi connectivity index (χ1n) is 6.78. The van der Waals surface area contributed by atoms with E-state index < -0.39 is 0 Å². The van der Waals surface area contributed by atoms with Gasteiger partial charge in [0, 0.05) is 32.5 Å². The topological polar surface area (TPSA) is 75.4 Å². The molecule has 1 rings (SSSR count). The second-order valence-electron chi connectivity index (χ2n) is 5.25. The maximum atomic E-state index is 12.0. The van der Waals surface area contributed by atoms with Gasteiger partial charge in [-0.3, -0.25) is 9.59 Å². The van der Waals surface area contributed by atoms with Gasteiger partial charge in [0.2, 0.25) is 11.8 Å². The number of amides is 2. The highest BCUT2D eigenvalue weighted by atomic mass is 16.2. The molecule has 1 heterocycles. The van der Waals surface area contributed by atoms with Crippen LogP contribution < -0.4 is 11.1 Å². The molecular formula is C13H25N3O2. The minimum Gasteiger partial charge on any atom is -0.352 e. The third-order valence-electron chi connectivity index (χ3n) is 3.46. The molecule has 1 saturated heterocycles. The fourth-order valence-electron chi connectivity index (χ4n) is 2.35. The number of nitrogens with one attached hydrogen (secondary N) is 1. The summed E-state index contributed by atoms with van der Waals surface area (Å²) >= 11 is 0. The molecule has 5 nitrogen and oxygen atoms in total. The van der Waals surface area contributed by atoms with Crippen molar-refractivity contribution in [3.63, 3.8) is 0 Å². The van der Waals surface area contributed by atoms with Crippen molar-refractivity contribution in [3.05, 3.63) is 0 Å². The number of nitrogens with zero attached hydrogens (tertiary/aromatic N) is 1. The molecule has 0 aliphatic carbocycles. The van der Waals surface area contributed by atoms with E-state index in [9.17, 15) is 9.59 Å². The highest BCUT2D eigenvalue weighted by molar-refractivity contribution is 5.77. The van der Waals surface area contributed by atoms with Crippen LogP contribution in [0.2, 0.25) is 0 Å². The minimum atomic E-state index is -0.0223. The first kappa shape index (κ1) is 15.0. The van der Waals surface area contributed by atoms with Crippen LogP contribution in [-0.4, -0.2) is 42.4 Å². The van der Waals surface area contributed by atoms with Crippen LogP contribution in [0.15, 0.2) is 0 Å². The number of carbonyl (C=O) groups excluding carboxylic acids is 2. The van der Waals surface area contributed by atoms with E-state index in [0.29, 0.717) is 25.4 Å². The number of nitrogens with two attached hydrogens (primary N) is 1. The summed E-state index contributed by atoms with van der Waals surface area (Å²) in [5.41, 5.74) is 5.49. The van der Waals surface area contributed by atoms with Gasteiger partial charge in [-0.05, 0) is 31.7 Å². The Balaban J connectivity index is 2.25. The average molecular weight is 255 g/mol. The molecule has 0 bridgehead atoms. The first-order chi connectivity index (χ1) is 8.52. The Morgan fingerprint density at radius 2 is 2.17 bits per heavy atom. The predicted octanol–water partition coefficient (Wildman–Crippen LogP) is 0.489. The molecule has 18 heavy (non-hydrogen) atoms. The van der Waals surface area contributed by atoms with E-state index in [1.165, 1.54) is 6.92 Å². The summed E-state index contributed by atoms with van der Waals surface area (Å²) < 4.78 is 0. The van der Waals surface area contributed by atoms with Crippen molar-refractivity contribution < 1.29 is 9.59 Å². The minimum absolute atomic E-state index is 0.0223. The van der Waals surface area contributed by atoms with Crippen LogP contribution in [0.5, 0.6) is 0 Å². The monoisotopic (exact) mass is 255 g/mol. The third-order valence-corrected chi connectivity index (χ3v) is 3.46. The SMILES string of the molecule is CC(=O)NC1CCN(C(=O)CCC(C)CCN)C1. The molecule has 2 unspecified atom stereocenters. The van der Waals surface area contributed by atoms with Crippen LogP contribution in [0.3, 0.4) is 0 Å². The number of carbonyl (C=O) groups is 2. The summed E-state index contributed by atoms with van der Waals surface area (Å²) in [7, 11) is 0. The summed E-state index contributed by atoms with van der Waals surface area (Å²) in [6, 6.07) is 0.132. The molecule has 0 aromatic heterocycles. The van der Waals surface area contributed by atoms with E-state index in [1.54, 1.807) is 0 Å². The molecule has 0 aromatic rings. The molecule has 3 N–H and O–H groups in total. The number of hydrogen-bond acceptors (Lipinski definition) is 3. The van der Waals surface area contributed by atoms with Gasteiger partial charge in [-0.25, -0.2) is 0 Å². The number of rotatable bonds is 6. The summed E-state index contributed by atoms with van der Waals surface area (Å²) in [5.74, 6) is 0.685. The lowest BCUT2D eigenvalue weighted by Gasteiger charge is -2.18. The molecule has 1 aliphatic rings. The van der Waals surface area contributed by atoms with Crippen LogP contribution in [-0.2, 0) is 9.59 Å². The van der Waals surface area contributed by atoms with Crippen LogP contribution in [0.4, 0.5) is 0 Å². The van der Waals surface area contributed by atoms with E-state index in [0.717, 1.165) is 25.8 Å². The van der Waals surface area contributed by atoms with Gasteiger partial charge in [0.15, 0.2) is 0 Å². The summed E-state index contributed by atoms with van der Waals surface area (Å²) in [4.78, 5) is 24.8. The molecular weight excluding hydrogens is 230 g/mol. The molecule has 5 heteroatoms. The van der Waals surface area contributed by atoms with Crippen LogP contribution >= 0.6 is 0 Å². The lowest BCUT2D eigenvalue weighted by atomic mass is 10.0. The Bertz CT molecular complexity index is 294. The maximum Gasteiger partial charge on any atom is 0.222 e. The van der Waals surface area contributed by atoms with Crippen LogP contribution in [0, 0.1) is 5.92 Å². The van der Waals surface area contributed by atoms with Crippen LogP contribution in [0.1, 0.15) is 39.5 Å². The van der Waals surface area contributed by atoms with Crippen molar-refractivity contribution >= 4 is 11.8 Å². The van der Waals surface area contributed by atoms with Gasteiger partial charge in [0.1, 0.15) is 0 Å². The second-order valence-corrected chi connectivity index (χ2v) is 5.25. The normalized spacial score (nSPS) is 20.8. The van der Waals surface area contributed by atoms with Gasteiger partial charge in [-0.1, -0.05) is 6.92 Å². The van der Waals surface area contributed by atoms with Gasteiger partial charge >= 0.3 is 0 Å². The quantitative estimate of drug-likeness (QED) is 0.725. The number of likely N-dealkylation sites (tertiary alicyclic amines) is 1. The smallest absolute Gasteiger partial charge is 0.222 e. The fraction of sp³-hybridized carbons (Fsp3) is 0.846. The zero-order valence-electron chi connectivity index (χ0n) is 11.4. The molecule has 0 spiro atoms. The second kappa shape index (κ2) is 7.36. The molecule has 0 radical (unpaired) electrons. The van der Waals surface area contributed by atoms with Gasteiger partial charge in [0.05, 0.1) is 0 Å². The zero-order valence-corrected chi connectivity index (χ0v) is 11.4. The predicted molar refractivity (Wildman–Crippen MR) is 70.9 cm³/mol. The molecule has 104 valence electrons. The molecule has 2 amide bonds. The Morgan fingerprint density at radius 3 is 2.78 bits per heavy atom. The van der Waals surface area contributed by atoms with Crippen molar-refractivity contribution in [3.8, 4) is 0 Å². The maximum absolute atomic E-state index is 12.0. The summed E-state index contributed by atoms with van der Waals surface area (Å²) in [6.45, 7) is 5.74. The lowest BCUT2D eigenvalue weighted by Crippen LogP contribution is -2.37. The molecule has 0 aromatic carbocycles.